The van der Waals surface area contributed by atoms with Gasteiger partial charge < -0.3 is 25.0 Å². The van der Waals surface area contributed by atoms with Crippen LogP contribution in [-0.2, 0) is 11.3 Å². The van der Waals surface area contributed by atoms with E-state index in [1.165, 1.54) is 11.3 Å². The van der Waals surface area contributed by atoms with Crippen LogP contribution in [0.2, 0.25) is 0 Å². The molecule has 0 unspecified atom stereocenters. The molecule has 3 amide bonds. The van der Waals surface area contributed by atoms with E-state index < -0.39 is 5.91 Å². The van der Waals surface area contributed by atoms with Crippen LogP contribution in [0.5, 0.6) is 11.5 Å². The Bertz CT molecular complexity index is 1460. The van der Waals surface area contributed by atoms with Crippen LogP contribution >= 0.6 is 0 Å². The highest BCUT2D eigenvalue weighted by Gasteiger charge is 2.31. The zero-order valence-corrected chi connectivity index (χ0v) is 22.7. The number of rotatable bonds is 7. The first-order chi connectivity index (χ1) is 19.4. The fraction of sp³-hybridized carbons (Fsp3) is 0.310. The summed E-state index contributed by atoms with van der Waals surface area (Å²) in [7, 11) is 4.78. The smallest absolute Gasteiger partial charge is 0.330 e. The number of nitrogens with zero attached hydrogens (tertiary/aromatic N) is 5. The van der Waals surface area contributed by atoms with Crippen molar-refractivity contribution in [2.45, 2.75) is 25.8 Å². The number of nitrogens with one attached hydrogen (secondary N) is 2. The molecule has 11 nitrogen and oxygen atoms in total. The van der Waals surface area contributed by atoms with Crippen molar-refractivity contribution in [1.29, 1.82) is 0 Å². The van der Waals surface area contributed by atoms with Gasteiger partial charge in [-0.05, 0) is 43.4 Å². The molecular formula is C29H31N7O4. The summed E-state index contributed by atoms with van der Waals surface area (Å²) in [4.78, 5) is 40.0. The lowest BCUT2D eigenvalue weighted by Crippen LogP contribution is -2.46. The maximum absolute atomic E-state index is 13.4. The minimum Gasteiger partial charge on any atom is -0.497 e. The van der Waals surface area contributed by atoms with Gasteiger partial charge in [-0.15, -0.1) is 6.42 Å². The van der Waals surface area contributed by atoms with Gasteiger partial charge in [-0.1, -0.05) is 0 Å². The van der Waals surface area contributed by atoms with E-state index in [0.717, 1.165) is 37.2 Å². The van der Waals surface area contributed by atoms with Gasteiger partial charge in [0.15, 0.2) is 0 Å². The molecule has 1 saturated heterocycles. The van der Waals surface area contributed by atoms with Gasteiger partial charge in [0.25, 0.3) is 5.91 Å². The summed E-state index contributed by atoms with van der Waals surface area (Å²) in [5, 5.41) is 5.95. The lowest BCUT2D eigenvalue weighted by molar-refractivity contribution is -0.111. The van der Waals surface area contributed by atoms with Crippen LogP contribution in [0.15, 0.2) is 42.6 Å². The number of ether oxygens (including phenoxy) is 2. The van der Waals surface area contributed by atoms with E-state index >= 15 is 0 Å². The molecular weight excluding hydrogens is 510 g/mol. The molecule has 206 valence electrons. The molecule has 40 heavy (non-hydrogen) atoms. The number of terminal acetylenes is 1. The summed E-state index contributed by atoms with van der Waals surface area (Å²) in [5.74, 6) is 3.45. The number of carbonyl (C=O) groups excluding carboxylic acids is 2. The SMILES string of the molecule is C#CC(=O)Nc1cc(N2CCCCC2)ccc1Nc1ncc2c(n1)N(C)C(=O)N(c1cc(OC)cc(OC)c1)C2. The van der Waals surface area contributed by atoms with Crippen LogP contribution in [0.3, 0.4) is 0 Å². The summed E-state index contributed by atoms with van der Waals surface area (Å²) in [5.41, 5.74) is 3.50. The minimum atomic E-state index is -0.551. The van der Waals surface area contributed by atoms with Crippen molar-refractivity contribution in [3.8, 4) is 23.8 Å². The average molecular weight is 542 g/mol. The Morgan fingerprint density at radius 2 is 1.73 bits per heavy atom. The second-order valence-corrected chi connectivity index (χ2v) is 9.54. The number of urea groups is 1. The molecule has 1 aromatic heterocycles. The lowest BCUT2D eigenvalue weighted by Gasteiger charge is -2.34. The summed E-state index contributed by atoms with van der Waals surface area (Å²) < 4.78 is 10.7. The predicted molar refractivity (Wildman–Crippen MR) is 155 cm³/mol. The standard InChI is InChI=1S/C29H31N7O4/c1-5-26(37)31-25-15-20(35-11-7-6-8-12-35)9-10-24(25)32-28-30-17-19-18-36(29(38)34(2)27(19)33-28)21-13-22(39-3)16-23(14-21)40-4/h1,9-10,13-17H,6-8,11-12,18H2,2-4H3,(H,31,37)(H,30,32,33). The number of benzene rings is 2. The third kappa shape index (κ3) is 5.42. The van der Waals surface area contributed by atoms with E-state index in [9.17, 15) is 9.59 Å². The third-order valence-electron chi connectivity index (χ3n) is 7.00. The van der Waals surface area contributed by atoms with Crippen molar-refractivity contribution >= 4 is 46.5 Å². The van der Waals surface area contributed by atoms with Crippen molar-refractivity contribution in [3.05, 3.63) is 48.2 Å². The molecule has 3 aromatic rings. The first kappa shape index (κ1) is 26.6. The topological polar surface area (TPSA) is 112 Å². The van der Waals surface area contributed by atoms with Crippen molar-refractivity contribution < 1.29 is 19.1 Å². The Morgan fingerprint density at radius 3 is 2.40 bits per heavy atom. The van der Waals surface area contributed by atoms with Gasteiger partial charge in [0.2, 0.25) is 5.95 Å². The highest BCUT2D eigenvalue weighted by molar-refractivity contribution is 6.06. The van der Waals surface area contributed by atoms with Crippen molar-refractivity contribution in [2.24, 2.45) is 0 Å². The number of methoxy groups -OCH3 is 2. The number of amides is 3. The number of hydrogen-bond acceptors (Lipinski definition) is 8. The summed E-state index contributed by atoms with van der Waals surface area (Å²) >= 11 is 0. The van der Waals surface area contributed by atoms with Gasteiger partial charge in [-0.3, -0.25) is 14.6 Å². The first-order valence-electron chi connectivity index (χ1n) is 13.0. The Morgan fingerprint density at radius 1 is 1.00 bits per heavy atom. The fourth-order valence-corrected chi connectivity index (χ4v) is 4.89. The van der Waals surface area contributed by atoms with Crippen LogP contribution in [0.1, 0.15) is 24.8 Å². The normalized spacial score (nSPS) is 14.8. The Kier molecular flexibility index (Phi) is 7.59. The highest BCUT2D eigenvalue weighted by Crippen LogP contribution is 2.35. The molecule has 0 bridgehead atoms. The zero-order valence-electron chi connectivity index (χ0n) is 22.7. The van der Waals surface area contributed by atoms with Crippen LogP contribution in [-0.4, -0.2) is 56.3 Å². The van der Waals surface area contributed by atoms with Crippen molar-refractivity contribution in [2.75, 3.05) is 59.7 Å². The van der Waals surface area contributed by atoms with E-state index in [1.54, 1.807) is 50.6 Å². The van der Waals surface area contributed by atoms with E-state index in [-0.39, 0.29) is 18.5 Å². The number of anilines is 6. The van der Waals surface area contributed by atoms with Gasteiger partial charge in [0, 0.05) is 55.8 Å². The third-order valence-corrected chi connectivity index (χ3v) is 7.00. The van der Waals surface area contributed by atoms with E-state index in [2.05, 4.69) is 31.4 Å². The van der Waals surface area contributed by atoms with Crippen LogP contribution < -0.4 is 34.8 Å². The van der Waals surface area contributed by atoms with Gasteiger partial charge in [-0.25, -0.2) is 9.78 Å². The average Bonchev–Trinajstić information content (AvgIpc) is 3.00. The van der Waals surface area contributed by atoms with Gasteiger partial charge in [0.1, 0.15) is 17.3 Å². The molecule has 0 aliphatic carbocycles. The lowest BCUT2D eigenvalue weighted by atomic mass is 10.1. The molecule has 0 saturated carbocycles. The number of carbonyl (C=O) groups is 2. The predicted octanol–water partition coefficient (Wildman–Crippen LogP) is 4.38. The second kappa shape index (κ2) is 11.4. The quantitative estimate of drug-likeness (QED) is 0.424. The van der Waals surface area contributed by atoms with Gasteiger partial charge in [0.05, 0.1) is 37.8 Å². The molecule has 2 aromatic carbocycles. The largest absolute Gasteiger partial charge is 0.497 e. The Balaban J connectivity index is 1.42. The molecule has 0 radical (unpaired) electrons. The number of fused-ring (bicyclic) bond motifs is 1. The van der Waals surface area contributed by atoms with Gasteiger partial charge >= 0.3 is 6.03 Å². The summed E-state index contributed by atoms with van der Waals surface area (Å²) in [6, 6.07) is 10.8. The van der Waals surface area contributed by atoms with E-state index in [4.69, 9.17) is 15.9 Å². The number of piperidine rings is 1. The molecule has 2 N–H and O–H groups in total. The monoisotopic (exact) mass is 541 g/mol. The maximum Gasteiger partial charge on any atom is 0.330 e. The van der Waals surface area contributed by atoms with Crippen LogP contribution in [0.4, 0.5) is 39.3 Å². The Hall–Kier alpha value is -4.98. The van der Waals surface area contributed by atoms with Crippen molar-refractivity contribution in [3.63, 3.8) is 0 Å². The summed E-state index contributed by atoms with van der Waals surface area (Å²) in [6.45, 7) is 2.19. The van der Waals surface area contributed by atoms with E-state index in [1.807, 2.05) is 18.2 Å². The number of hydrogen-bond donors (Lipinski definition) is 2. The molecule has 11 heteroatoms. The maximum atomic E-state index is 13.4. The second-order valence-electron chi connectivity index (χ2n) is 9.54. The fourth-order valence-electron chi connectivity index (χ4n) is 4.89. The molecule has 0 spiro atoms. The van der Waals surface area contributed by atoms with Crippen molar-refractivity contribution in [1.82, 2.24) is 9.97 Å². The highest BCUT2D eigenvalue weighted by atomic mass is 16.5. The first-order valence-corrected chi connectivity index (χ1v) is 13.0. The minimum absolute atomic E-state index is 0.264. The molecule has 5 rings (SSSR count). The zero-order chi connectivity index (χ0) is 28.2. The molecule has 1 fully saturated rings. The Labute approximate surface area is 233 Å². The number of aromatic nitrogens is 2. The van der Waals surface area contributed by atoms with Crippen LogP contribution in [0.25, 0.3) is 0 Å². The molecule has 2 aliphatic heterocycles. The van der Waals surface area contributed by atoms with Gasteiger partial charge in [-0.2, -0.15) is 4.98 Å². The van der Waals surface area contributed by atoms with E-state index in [0.29, 0.717) is 34.4 Å². The molecule has 3 heterocycles. The summed E-state index contributed by atoms with van der Waals surface area (Å²) in [6.07, 6.45) is 10.5. The van der Waals surface area contributed by atoms with Crippen LogP contribution in [0, 0.1) is 12.3 Å². The molecule has 2 aliphatic rings. The molecule has 0 atom stereocenters.